The predicted octanol–water partition coefficient (Wildman–Crippen LogP) is 3.70. The van der Waals surface area contributed by atoms with Crippen LogP contribution in [0.5, 0.6) is 0 Å². The van der Waals surface area contributed by atoms with E-state index >= 15 is 0 Å². The lowest BCUT2D eigenvalue weighted by molar-refractivity contribution is 0.304. The summed E-state index contributed by atoms with van der Waals surface area (Å²) in [6.45, 7) is 5.11. The van der Waals surface area contributed by atoms with Crippen molar-refractivity contribution in [1.82, 2.24) is 14.3 Å². The zero-order valence-electron chi connectivity index (χ0n) is 12.5. The van der Waals surface area contributed by atoms with Crippen LogP contribution >= 0.6 is 11.3 Å². The number of imidazole rings is 1. The van der Waals surface area contributed by atoms with E-state index in [0.29, 0.717) is 0 Å². The van der Waals surface area contributed by atoms with E-state index in [0.717, 1.165) is 36.6 Å². The van der Waals surface area contributed by atoms with E-state index in [9.17, 15) is 4.39 Å². The van der Waals surface area contributed by atoms with Crippen LogP contribution in [0.2, 0.25) is 0 Å². The molecular weight excluding hydrogens is 297 g/mol. The Bertz CT molecular complexity index is 809. The number of likely N-dealkylation sites (tertiary alicyclic amines) is 1. The lowest BCUT2D eigenvalue weighted by atomic mass is 9.82. The zero-order chi connectivity index (χ0) is 15.2. The first-order chi connectivity index (χ1) is 10.6. The number of fused-ring (bicyclic) bond motifs is 1. The van der Waals surface area contributed by atoms with Crippen LogP contribution in [-0.2, 0) is 12.0 Å². The number of nitrogens with zero attached hydrogens (tertiary/aromatic N) is 3. The van der Waals surface area contributed by atoms with Gasteiger partial charge in [0.1, 0.15) is 5.82 Å². The van der Waals surface area contributed by atoms with Gasteiger partial charge in [0.15, 0.2) is 4.96 Å². The average molecular weight is 315 g/mol. The summed E-state index contributed by atoms with van der Waals surface area (Å²) in [5, 5.41) is 2.06. The minimum atomic E-state index is -0.145. The van der Waals surface area contributed by atoms with Gasteiger partial charge in [-0.15, -0.1) is 11.3 Å². The molecule has 1 aliphatic heterocycles. The maximum Gasteiger partial charge on any atom is 0.193 e. The Morgan fingerprint density at radius 2 is 2.32 bits per heavy atom. The minimum absolute atomic E-state index is 0.0283. The molecule has 0 saturated carbocycles. The van der Waals surface area contributed by atoms with Crippen LogP contribution in [0.1, 0.15) is 24.6 Å². The Morgan fingerprint density at radius 1 is 1.41 bits per heavy atom. The Balaban J connectivity index is 1.53. The van der Waals surface area contributed by atoms with Crippen LogP contribution in [0.4, 0.5) is 4.39 Å². The molecule has 3 aromatic rings. The van der Waals surface area contributed by atoms with Gasteiger partial charge in [0.2, 0.25) is 0 Å². The third-order valence-corrected chi connectivity index (χ3v) is 5.45. The van der Waals surface area contributed by atoms with Crippen molar-refractivity contribution in [2.24, 2.45) is 0 Å². The van der Waals surface area contributed by atoms with Gasteiger partial charge in [0.25, 0.3) is 0 Å². The molecule has 5 heteroatoms. The van der Waals surface area contributed by atoms with Gasteiger partial charge in [-0.1, -0.05) is 19.1 Å². The summed E-state index contributed by atoms with van der Waals surface area (Å²) in [6, 6.07) is 7.05. The summed E-state index contributed by atoms with van der Waals surface area (Å²) in [5.41, 5.74) is 2.35. The number of hydrogen-bond donors (Lipinski definition) is 0. The highest BCUT2D eigenvalue weighted by atomic mass is 32.1. The first kappa shape index (κ1) is 13.9. The van der Waals surface area contributed by atoms with Gasteiger partial charge in [-0.25, -0.2) is 9.37 Å². The second kappa shape index (κ2) is 5.18. The fourth-order valence-electron chi connectivity index (χ4n) is 3.41. The lowest BCUT2D eigenvalue weighted by Crippen LogP contribution is -2.28. The van der Waals surface area contributed by atoms with Crippen molar-refractivity contribution in [2.45, 2.75) is 25.3 Å². The third kappa shape index (κ3) is 2.34. The Kier molecular flexibility index (Phi) is 3.27. The molecule has 1 atom stereocenters. The predicted molar refractivity (Wildman–Crippen MR) is 86.7 cm³/mol. The molecule has 0 amide bonds. The molecule has 0 bridgehead atoms. The van der Waals surface area contributed by atoms with E-state index in [1.54, 1.807) is 17.4 Å². The third-order valence-electron chi connectivity index (χ3n) is 4.68. The second-order valence-corrected chi connectivity index (χ2v) is 7.21. The summed E-state index contributed by atoms with van der Waals surface area (Å²) in [4.78, 5) is 7.91. The first-order valence-electron chi connectivity index (χ1n) is 7.52. The average Bonchev–Trinajstić information content (AvgIpc) is 3.18. The smallest absolute Gasteiger partial charge is 0.193 e. The van der Waals surface area contributed by atoms with Crippen molar-refractivity contribution in [3.63, 3.8) is 0 Å². The van der Waals surface area contributed by atoms with Crippen molar-refractivity contribution in [3.8, 4) is 0 Å². The molecule has 2 aromatic heterocycles. The van der Waals surface area contributed by atoms with Crippen LogP contribution in [0, 0.1) is 5.82 Å². The summed E-state index contributed by atoms with van der Waals surface area (Å²) in [5.74, 6) is -0.145. The maximum absolute atomic E-state index is 13.5. The van der Waals surface area contributed by atoms with Crippen molar-refractivity contribution in [1.29, 1.82) is 0 Å². The first-order valence-corrected chi connectivity index (χ1v) is 8.40. The van der Waals surface area contributed by atoms with E-state index in [1.165, 1.54) is 11.8 Å². The van der Waals surface area contributed by atoms with E-state index in [-0.39, 0.29) is 11.2 Å². The van der Waals surface area contributed by atoms with Crippen molar-refractivity contribution < 1.29 is 4.39 Å². The van der Waals surface area contributed by atoms with Crippen molar-refractivity contribution in [3.05, 3.63) is 59.1 Å². The minimum Gasteiger partial charge on any atom is -0.297 e. The van der Waals surface area contributed by atoms with Crippen molar-refractivity contribution >= 4 is 16.3 Å². The van der Waals surface area contributed by atoms with Gasteiger partial charge in [0, 0.05) is 30.1 Å². The summed E-state index contributed by atoms with van der Waals surface area (Å²) in [6.07, 6.45) is 5.09. The van der Waals surface area contributed by atoms with Gasteiger partial charge in [-0.2, -0.15) is 0 Å². The molecule has 4 rings (SSSR count). The SMILES string of the molecule is CC1(c2cccc(F)c2)CCN(Cc2cnc3sccn23)C1. The molecule has 114 valence electrons. The largest absolute Gasteiger partial charge is 0.297 e. The zero-order valence-corrected chi connectivity index (χ0v) is 13.3. The standard InChI is InChI=1S/C17H18FN3S/c1-17(13-3-2-4-14(18)9-13)5-6-20(12-17)11-15-10-19-16-21(15)7-8-22-16/h2-4,7-10H,5-6,11-12H2,1H3. The Morgan fingerprint density at radius 3 is 3.18 bits per heavy atom. The molecule has 1 aliphatic rings. The molecule has 0 spiro atoms. The molecule has 22 heavy (non-hydrogen) atoms. The van der Waals surface area contributed by atoms with Crippen LogP contribution in [-0.4, -0.2) is 27.4 Å². The quantitative estimate of drug-likeness (QED) is 0.734. The normalized spacial score (nSPS) is 22.6. The summed E-state index contributed by atoms with van der Waals surface area (Å²) >= 11 is 1.66. The van der Waals surface area contributed by atoms with Gasteiger partial charge in [0.05, 0.1) is 11.9 Å². The topological polar surface area (TPSA) is 20.5 Å². The van der Waals surface area contributed by atoms with Crippen LogP contribution in [0.3, 0.4) is 0 Å². The second-order valence-electron chi connectivity index (χ2n) is 6.34. The van der Waals surface area contributed by atoms with Gasteiger partial charge < -0.3 is 0 Å². The molecule has 0 N–H and O–H groups in total. The Labute approximate surface area is 133 Å². The highest BCUT2D eigenvalue weighted by molar-refractivity contribution is 7.15. The molecule has 3 heterocycles. The van der Waals surface area contributed by atoms with Crippen LogP contribution in [0.15, 0.2) is 42.0 Å². The Hall–Kier alpha value is -1.72. The number of halogens is 1. The van der Waals surface area contributed by atoms with Crippen LogP contribution in [0.25, 0.3) is 4.96 Å². The molecule has 1 saturated heterocycles. The van der Waals surface area contributed by atoms with E-state index in [1.807, 2.05) is 18.3 Å². The number of rotatable bonds is 3. The van der Waals surface area contributed by atoms with Crippen LogP contribution < -0.4 is 0 Å². The number of hydrogen-bond acceptors (Lipinski definition) is 3. The van der Waals surface area contributed by atoms with E-state index in [4.69, 9.17) is 0 Å². The molecule has 0 radical (unpaired) electrons. The maximum atomic E-state index is 13.5. The number of thiazole rings is 1. The molecule has 1 unspecified atom stereocenters. The number of benzene rings is 1. The summed E-state index contributed by atoms with van der Waals surface area (Å²) < 4.78 is 15.7. The fraction of sp³-hybridized carbons (Fsp3) is 0.353. The van der Waals surface area contributed by atoms with E-state index < -0.39 is 0 Å². The monoisotopic (exact) mass is 315 g/mol. The molecular formula is C17H18FN3S. The van der Waals surface area contributed by atoms with Crippen molar-refractivity contribution in [2.75, 3.05) is 13.1 Å². The molecule has 3 nitrogen and oxygen atoms in total. The molecule has 0 aliphatic carbocycles. The van der Waals surface area contributed by atoms with Gasteiger partial charge in [-0.3, -0.25) is 9.30 Å². The van der Waals surface area contributed by atoms with Gasteiger partial charge >= 0.3 is 0 Å². The molecule has 1 aromatic carbocycles. The molecule has 1 fully saturated rings. The fourth-order valence-corrected chi connectivity index (χ4v) is 4.12. The lowest BCUT2D eigenvalue weighted by Gasteiger charge is -2.25. The highest BCUT2D eigenvalue weighted by Gasteiger charge is 2.35. The number of aromatic nitrogens is 2. The van der Waals surface area contributed by atoms with E-state index in [2.05, 4.69) is 32.8 Å². The summed E-state index contributed by atoms with van der Waals surface area (Å²) in [7, 11) is 0. The van der Waals surface area contributed by atoms with Gasteiger partial charge in [-0.05, 0) is 30.7 Å². The highest BCUT2D eigenvalue weighted by Crippen LogP contribution is 2.35.